The van der Waals surface area contributed by atoms with E-state index in [1.165, 1.54) is 11.3 Å². The van der Waals surface area contributed by atoms with Crippen LogP contribution in [0, 0.1) is 11.8 Å². The number of aromatic nitrogens is 2. The zero-order valence-corrected chi connectivity index (χ0v) is 15.7. The van der Waals surface area contributed by atoms with E-state index in [1.807, 2.05) is 41.8 Å². The molecule has 2 atom stereocenters. The maximum absolute atomic E-state index is 12.4. The van der Waals surface area contributed by atoms with Crippen LogP contribution in [-0.4, -0.2) is 29.1 Å². The topological polar surface area (TPSA) is 80.0 Å². The van der Waals surface area contributed by atoms with Gasteiger partial charge in [0.25, 0.3) is 0 Å². The minimum Gasteiger partial charge on any atom is -0.356 e. The maximum Gasteiger partial charge on any atom is 0.226 e. The number of carbonyl (C=O) groups excluding carboxylic acids is 1. The first kappa shape index (κ1) is 17.9. The highest BCUT2D eigenvalue weighted by molar-refractivity contribution is 7.13. The number of nitrogens with one attached hydrogen (secondary N) is 2. The van der Waals surface area contributed by atoms with Gasteiger partial charge in [-0.15, -0.1) is 11.3 Å². The van der Waals surface area contributed by atoms with Crippen molar-refractivity contribution in [1.82, 2.24) is 15.5 Å². The quantitative estimate of drug-likeness (QED) is 0.681. The van der Waals surface area contributed by atoms with Gasteiger partial charge >= 0.3 is 0 Å². The molecule has 3 aromatic rings. The van der Waals surface area contributed by atoms with Crippen LogP contribution in [0.1, 0.15) is 18.5 Å². The van der Waals surface area contributed by atoms with Crippen molar-refractivity contribution >= 4 is 22.4 Å². The molecule has 1 aliphatic heterocycles. The van der Waals surface area contributed by atoms with Crippen molar-refractivity contribution < 1.29 is 9.32 Å². The predicted octanol–water partition coefficient (Wildman–Crippen LogP) is 3.60. The van der Waals surface area contributed by atoms with Crippen molar-refractivity contribution in [2.45, 2.75) is 19.3 Å². The summed E-state index contributed by atoms with van der Waals surface area (Å²) in [5.41, 5.74) is 1.96. The Morgan fingerprint density at radius 3 is 3.00 bits per heavy atom. The van der Waals surface area contributed by atoms with Gasteiger partial charge in [0.05, 0.1) is 5.69 Å². The first-order valence-corrected chi connectivity index (χ1v) is 10.1. The van der Waals surface area contributed by atoms with Gasteiger partial charge in [-0.25, -0.2) is 4.98 Å². The van der Waals surface area contributed by atoms with Gasteiger partial charge in [-0.1, -0.05) is 35.5 Å². The Labute approximate surface area is 162 Å². The van der Waals surface area contributed by atoms with E-state index in [4.69, 9.17) is 4.52 Å². The van der Waals surface area contributed by atoms with Gasteiger partial charge < -0.3 is 15.2 Å². The lowest BCUT2D eigenvalue weighted by Gasteiger charge is -2.31. The Bertz CT molecular complexity index is 863. The summed E-state index contributed by atoms with van der Waals surface area (Å²) in [4.78, 5) is 16.5. The van der Waals surface area contributed by atoms with Gasteiger partial charge in [-0.2, -0.15) is 0 Å². The van der Waals surface area contributed by atoms with Crippen LogP contribution in [-0.2, 0) is 11.2 Å². The molecular weight excluding hydrogens is 360 g/mol. The number of anilines is 1. The monoisotopic (exact) mass is 382 g/mol. The standard InChI is InChI=1S/C20H22N4O2S/c25-19(23-20-22-8-9-27-20)11-15-6-7-21-13-16(15)10-17-12-18(26-24-17)14-4-2-1-3-5-14/h1-5,8-9,12,15-16,21H,6-7,10-11,13H2,(H,22,23,25)/t15-,16-/m0/s1. The molecule has 1 fully saturated rings. The number of carbonyl (C=O) groups is 1. The van der Waals surface area contributed by atoms with Gasteiger partial charge in [-0.05, 0) is 37.8 Å². The van der Waals surface area contributed by atoms with Crippen LogP contribution < -0.4 is 10.6 Å². The van der Waals surface area contributed by atoms with Crippen LogP contribution in [0.25, 0.3) is 11.3 Å². The summed E-state index contributed by atoms with van der Waals surface area (Å²) in [7, 11) is 0. The molecule has 1 aromatic carbocycles. The Morgan fingerprint density at radius 2 is 2.19 bits per heavy atom. The average Bonchev–Trinajstić information content (AvgIpc) is 3.36. The normalized spacial score (nSPS) is 19.7. The lowest BCUT2D eigenvalue weighted by atomic mass is 9.81. The van der Waals surface area contributed by atoms with E-state index >= 15 is 0 Å². The fourth-order valence-corrected chi connectivity index (χ4v) is 4.14. The molecule has 4 rings (SSSR count). The zero-order valence-electron chi connectivity index (χ0n) is 14.9. The van der Waals surface area contributed by atoms with Crippen LogP contribution in [0.2, 0.25) is 0 Å². The molecule has 0 spiro atoms. The SMILES string of the molecule is O=C(C[C@@H]1CCNC[C@@H]1Cc1cc(-c2ccccc2)on1)Nc1nccs1. The van der Waals surface area contributed by atoms with Gasteiger partial charge in [0.2, 0.25) is 5.91 Å². The van der Waals surface area contributed by atoms with Gasteiger partial charge in [0.1, 0.15) is 0 Å². The van der Waals surface area contributed by atoms with Crippen molar-refractivity contribution in [3.8, 4) is 11.3 Å². The average molecular weight is 382 g/mol. The smallest absolute Gasteiger partial charge is 0.226 e. The Kier molecular flexibility index (Phi) is 5.60. The van der Waals surface area contributed by atoms with Crippen molar-refractivity contribution in [2.24, 2.45) is 11.8 Å². The third-order valence-electron chi connectivity index (χ3n) is 4.98. The number of amides is 1. The molecule has 2 aromatic heterocycles. The number of nitrogens with zero attached hydrogens (tertiary/aromatic N) is 2. The van der Waals surface area contributed by atoms with E-state index in [0.717, 1.165) is 42.9 Å². The molecule has 0 unspecified atom stereocenters. The van der Waals surface area contributed by atoms with Crippen LogP contribution >= 0.6 is 11.3 Å². The number of piperidine rings is 1. The molecule has 6 nitrogen and oxygen atoms in total. The molecular formula is C20H22N4O2S. The molecule has 2 N–H and O–H groups in total. The fraction of sp³-hybridized carbons (Fsp3) is 0.350. The molecule has 0 aliphatic carbocycles. The summed E-state index contributed by atoms with van der Waals surface area (Å²) in [5, 5.41) is 13.1. The lowest BCUT2D eigenvalue weighted by molar-refractivity contribution is -0.117. The number of rotatable bonds is 6. The van der Waals surface area contributed by atoms with Gasteiger partial charge in [-0.3, -0.25) is 4.79 Å². The summed E-state index contributed by atoms with van der Waals surface area (Å²) in [6.07, 6.45) is 4.00. The van der Waals surface area contributed by atoms with E-state index in [2.05, 4.69) is 20.8 Å². The van der Waals surface area contributed by atoms with Crippen LogP contribution in [0.5, 0.6) is 0 Å². The molecule has 1 aliphatic rings. The Balaban J connectivity index is 1.39. The molecule has 140 valence electrons. The third-order valence-corrected chi connectivity index (χ3v) is 5.67. The summed E-state index contributed by atoms with van der Waals surface area (Å²) in [5.74, 6) is 1.50. The zero-order chi connectivity index (χ0) is 18.5. The Hall–Kier alpha value is -2.51. The number of hydrogen-bond donors (Lipinski definition) is 2. The highest BCUT2D eigenvalue weighted by atomic mass is 32.1. The minimum atomic E-state index is 0.0342. The molecule has 0 bridgehead atoms. The highest BCUT2D eigenvalue weighted by Gasteiger charge is 2.28. The van der Waals surface area contributed by atoms with E-state index in [0.29, 0.717) is 23.4 Å². The second-order valence-corrected chi connectivity index (χ2v) is 7.75. The summed E-state index contributed by atoms with van der Waals surface area (Å²) >= 11 is 1.44. The lowest BCUT2D eigenvalue weighted by Crippen LogP contribution is -2.39. The van der Waals surface area contributed by atoms with Crippen molar-refractivity contribution in [3.05, 3.63) is 53.7 Å². The van der Waals surface area contributed by atoms with Crippen LogP contribution in [0.4, 0.5) is 5.13 Å². The number of hydrogen-bond acceptors (Lipinski definition) is 6. The maximum atomic E-state index is 12.4. The first-order chi connectivity index (χ1) is 13.3. The van der Waals surface area contributed by atoms with Crippen LogP contribution in [0.3, 0.4) is 0 Å². The molecule has 3 heterocycles. The largest absolute Gasteiger partial charge is 0.356 e. The predicted molar refractivity (Wildman–Crippen MR) is 105 cm³/mol. The van der Waals surface area contributed by atoms with Crippen molar-refractivity contribution in [3.63, 3.8) is 0 Å². The third kappa shape index (κ3) is 4.61. The minimum absolute atomic E-state index is 0.0342. The van der Waals surface area contributed by atoms with Gasteiger partial charge in [0, 0.05) is 29.6 Å². The molecule has 1 saturated heterocycles. The number of thiazole rings is 1. The number of benzene rings is 1. The highest BCUT2D eigenvalue weighted by Crippen LogP contribution is 2.28. The molecule has 1 amide bonds. The van der Waals surface area contributed by atoms with Crippen LogP contribution in [0.15, 0.2) is 52.5 Å². The van der Waals surface area contributed by atoms with Gasteiger partial charge in [0.15, 0.2) is 10.9 Å². The molecule has 0 radical (unpaired) electrons. The van der Waals surface area contributed by atoms with E-state index in [-0.39, 0.29) is 5.91 Å². The molecule has 27 heavy (non-hydrogen) atoms. The van der Waals surface area contributed by atoms with E-state index < -0.39 is 0 Å². The van der Waals surface area contributed by atoms with E-state index in [9.17, 15) is 4.79 Å². The van der Waals surface area contributed by atoms with E-state index in [1.54, 1.807) is 6.20 Å². The Morgan fingerprint density at radius 1 is 1.30 bits per heavy atom. The first-order valence-electron chi connectivity index (χ1n) is 9.19. The summed E-state index contributed by atoms with van der Waals surface area (Å²) < 4.78 is 5.52. The summed E-state index contributed by atoms with van der Waals surface area (Å²) in [6, 6.07) is 12.0. The van der Waals surface area contributed by atoms with Crippen molar-refractivity contribution in [2.75, 3.05) is 18.4 Å². The van der Waals surface area contributed by atoms with Crippen molar-refractivity contribution in [1.29, 1.82) is 0 Å². The molecule has 7 heteroatoms. The fourth-order valence-electron chi connectivity index (χ4n) is 3.59. The summed E-state index contributed by atoms with van der Waals surface area (Å²) in [6.45, 7) is 1.84. The molecule has 0 saturated carbocycles. The second kappa shape index (κ2) is 8.45. The second-order valence-electron chi connectivity index (χ2n) is 6.86.